The highest BCUT2D eigenvalue weighted by Gasteiger charge is 2.16. The molecule has 24 heavy (non-hydrogen) atoms. The van der Waals surface area contributed by atoms with E-state index in [0.29, 0.717) is 5.92 Å². The Kier molecular flexibility index (Phi) is 10.1. The number of aromatic nitrogens is 1. The minimum atomic E-state index is 0. The van der Waals surface area contributed by atoms with Gasteiger partial charge in [0.05, 0.1) is 10.7 Å². The van der Waals surface area contributed by atoms with Gasteiger partial charge in [0.2, 0.25) is 0 Å². The molecule has 0 amide bonds. The van der Waals surface area contributed by atoms with Crippen LogP contribution in [0.1, 0.15) is 35.3 Å². The first kappa shape index (κ1) is 21.6. The predicted molar refractivity (Wildman–Crippen MR) is 115 cm³/mol. The molecule has 1 atom stereocenters. The Hall–Kier alpha value is -0.410. The van der Waals surface area contributed by atoms with Crippen molar-refractivity contribution in [3.05, 3.63) is 15.6 Å². The molecule has 0 radical (unpaired) electrons. The number of rotatable bonds is 6. The van der Waals surface area contributed by atoms with E-state index >= 15 is 0 Å². The molecule has 0 spiro atoms. The van der Waals surface area contributed by atoms with Crippen LogP contribution in [0.3, 0.4) is 0 Å². The molecule has 1 aromatic rings. The van der Waals surface area contributed by atoms with Crippen LogP contribution in [0.2, 0.25) is 0 Å². The van der Waals surface area contributed by atoms with Gasteiger partial charge in [0.15, 0.2) is 5.96 Å². The predicted octanol–water partition coefficient (Wildman–Crippen LogP) is 2.82. The molecule has 0 aromatic carbocycles. The maximum Gasteiger partial charge on any atom is 0.191 e. The molecule has 1 saturated heterocycles. The number of aliphatic imine (C=N–C) groups is 1. The van der Waals surface area contributed by atoms with Crippen LogP contribution in [0.25, 0.3) is 0 Å². The van der Waals surface area contributed by atoms with Gasteiger partial charge in [-0.05, 0) is 53.1 Å². The minimum absolute atomic E-state index is 0. The van der Waals surface area contributed by atoms with Gasteiger partial charge in [-0.3, -0.25) is 4.99 Å². The zero-order valence-corrected chi connectivity index (χ0v) is 18.5. The van der Waals surface area contributed by atoms with E-state index in [1.54, 1.807) is 11.3 Å². The fraction of sp³-hybridized carbons (Fsp3) is 0.765. The molecular formula is C17H32IN5S. The third-order valence-electron chi connectivity index (χ3n) is 4.28. The van der Waals surface area contributed by atoms with Crippen LogP contribution < -0.4 is 10.6 Å². The van der Waals surface area contributed by atoms with Crippen molar-refractivity contribution >= 4 is 41.3 Å². The van der Waals surface area contributed by atoms with E-state index in [1.807, 2.05) is 0 Å². The van der Waals surface area contributed by atoms with Crippen molar-refractivity contribution in [2.24, 2.45) is 10.9 Å². The molecular weight excluding hydrogens is 433 g/mol. The summed E-state index contributed by atoms with van der Waals surface area (Å²) in [7, 11) is 2.21. The first-order valence-corrected chi connectivity index (χ1v) is 9.53. The summed E-state index contributed by atoms with van der Waals surface area (Å²) in [6, 6.07) is 0. The van der Waals surface area contributed by atoms with Crippen molar-refractivity contribution in [3.8, 4) is 0 Å². The van der Waals surface area contributed by atoms with E-state index < -0.39 is 0 Å². The summed E-state index contributed by atoms with van der Waals surface area (Å²) in [6.45, 7) is 11.4. The summed E-state index contributed by atoms with van der Waals surface area (Å²) < 4.78 is 0. The van der Waals surface area contributed by atoms with E-state index in [2.05, 4.69) is 48.3 Å². The summed E-state index contributed by atoms with van der Waals surface area (Å²) in [5.74, 6) is 1.62. The highest BCUT2D eigenvalue weighted by molar-refractivity contribution is 14.0. The molecule has 1 aliphatic heterocycles. The fourth-order valence-corrected chi connectivity index (χ4v) is 3.85. The number of aryl methyl sites for hydroxylation is 2. The van der Waals surface area contributed by atoms with Gasteiger partial charge in [0, 0.05) is 37.5 Å². The Labute approximate surface area is 167 Å². The van der Waals surface area contributed by atoms with E-state index in [4.69, 9.17) is 4.99 Å². The van der Waals surface area contributed by atoms with E-state index in [9.17, 15) is 0 Å². The second-order valence-electron chi connectivity index (χ2n) is 6.42. The monoisotopic (exact) mass is 465 g/mol. The van der Waals surface area contributed by atoms with Gasteiger partial charge in [0.25, 0.3) is 0 Å². The van der Waals surface area contributed by atoms with Crippen molar-refractivity contribution in [2.45, 2.75) is 40.0 Å². The van der Waals surface area contributed by atoms with Crippen LogP contribution in [0.15, 0.2) is 4.99 Å². The Bertz CT molecular complexity index is 498. The molecule has 7 heteroatoms. The largest absolute Gasteiger partial charge is 0.357 e. The SMILES string of the molecule is CCNC(=NCC1CCCN(C)C1)NCCc1nc(C)c(C)s1.I. The number of hydrogen-bond donors (Lipinski definition) is 2. The van der Waals surface area contributed by atoms with Gasteiger partial charge in [-0.2, -0.15) is 0 Å². The number of nitrogens with zero attached hydrogens (tertiary/aromatic N) is 3. The number of halogens is 1. The molecule has 0 saturated carbocycles. The number of thiazole rings is 1. The topological polar surface area (TPSA) is 52.6 Å². The van der Waals surface area contributed by atoms with Gasteiger partial charge < -0.3 is 15.5 Å². The normalized spacial score (nSPS) is 19.0. The van der Waals surface area contributed by atoms with Gasteiger partial charge in [-0.15, -0.1) is 35.3 Å². The van der Waals surface area contributed by atoms with Crippen molar-refractivity contribution in [1.82, 2.24) is 20.5 Å². The van der Waals surface area contributed by atoms with Gasteiger partial charge >= 0.3 is 0 Å². The van der Waals surface area contributed by atoms with Crippen LogP contribution in [0.4, 0.5) is 0 Å². The van der Waals surface area contributed by atoms with E-state index in [-0.39, 0.29) is 24.0 Å². The molecule has 2 heterocycles. The lowest BCUT2D eigenvalue weighted by atomic mass is 9.99. The van der Waals surface area contributed by atoms with Gasteiger partial charge in [-0.25, -0.2) is 4.98 Å². The van der Waals surface area contributed by atoms with Crippen LogP contribution >= 0.6 is 35.3 Å². The van der Waals surface area contributed by atoms with E-state index in [0.717, 1.165) is 37.7 Å². The Morgan fingerprint density at radius 2 is 2.17 bits per heavy atom. The average Bonchev–Trinajstić information content (AvgIpc) is 2.83. The van der Waals surface area contributed by atoms with Crippen molar-refractivity contribution in [2.75, 3.05) is 39.8 Å². The second-order valence-corrected chi connectivity index (χ2v) is 7.70. The van der Waals surface area contributed by atoms with Crippen LogP contribution in [-0.4, -0.2) is 55.6 Å². The maximum absolute atomic E-state index is 4.78. The minimum Gasteiger partial charge on any atom is -0.357 e. The highest BCUT2D eigenvalue weighted by Crippen LogP contribution is 2.16. The summed E-state index contributed by atoms with van der Waals surface area (Å²) >= 11 is 1.80. The Morgan fingerprint density at radius 1 is 1.38 bits per heavy atom. The fourth-order valence-electron chi connectivity index (χ4n) is 2.92. The zero-order valence-electron chi connectivity index (χ0n) is 15.4. The lowest BCUT2D eigenvalue weighted by Crippen LogP contribution is -2.39. The molecule has 2 N–H and O–H groups in total. The lowest BCUT2D eigenvalue weighted by Gasteiger charge is -2.28. The summed E-state index contributed by atoms with van der Waals surface area (Å²) in [6.07, 6.45) is 3.55. The zero-order chi connectivity index (χ0) is 16.7. The third-order valence-corrected chi connectivity index (χ3v) is 5.41. The number of piperidine rings is 1. The third kappa shape index (κ3) is 7.23. The molecule has 1 aromatic heterocycles. The second kappa shape index (κ2) is 11.3. The first-order valence-electron chi connectivity index (χ1n) is 8.72. The van der Waals surface area contributed by atoms with Crippen molar-refractivity contribution in [3.63, 3.8) is 0 Å². The summed E-state index contributed by atoms with van der Waals surface area (Å²) in [4.78, 5) is 13.1. The number of hydrogen-bond acceptors (Lipinski definition) is 4. The maximum atomic E-state index is 4.78. The number of nitrogens with one attached hydrogen (secondary N) is 2. The van der Waals surface area contributed by atoms with Gasteiger partial charge in [0.1, 0.15) is 0 Å². The first-order chi connectivity index (χ1) is 11.1. The summed E-state index contributed by atoms with van der Waals surface area (Å²) in [5.41, 5.74) is 1.16. The van der Waals surface area contributed by atoms with Crippen LogP contribution in [0.5, 0.6) is 0 Å². The standard InChI is InChI=1S/C17H31N5S.HI/c1-5-18-17(20-11-15-7-6-10-22(4)12-15)19-9-8-16-21-13(2)14(3)23-16;/h15H,5-12H2,1-4H3,(H2,18,19,20);1H. The van der Waals surface area contributed by atoms with Crippen LogP contribution in [-0.2, 0) is 6.42 Å². The number of guanidine groups is 1. The lowest BCUT2D eigenvalue weighted by molar-refractivity contribution is 0.214. The average molecular weight is 465 g/mol. The van der Waals surface area contributed by atoms with Crippen molar-refractivity contribution in [1.29, 1.82) is 0 Å². The Morgan fingerprint density at radius 3 is 2.79 bits per heavy atom. The number of likely N-dealkylation sites (tertiary alicyclic amines) is 1. The Balaban J connectivity index is 0.00000288. The molecule has 1 unspecified atom stereocenters. The molecule has 0 aliphatic carbocycles. The molecule has 1 fully saturated rings. The van der Waals surface area contributed by atoms with Crippen LogP contribution in [0, 0.1) is 19.8 Å². The quantitative estimate of drug-likeness (QED) is 0.386. The highest BCUT2D eigenvalue weighted by atomic mass is 127. The van der Waals surface area contributed by atoms with Gasteiger partial charge in [-0.1, -0.05) is 0 Å². The molecule has 0 bridgehead atoms. The summed E-state index contributed by atoms with van der Waals surface area (Å²) in [5, 5.41) is 7.99. The smallest absolute Gasteiger partial charge is 0.191 e. The van der Waals surface area contributed by atoms with Crippen molar-refractivity contribution < 1.29 is 0 Å². The van der Waals surface area contributed by atoms with E-state index in [1.165, 1.54) is 35.8 Å². The molecule has 1 aliphatic rings. The molecule has 2 rings (SSSR count). The molecule has 138 valence electrons. The molecule has 5 nitrogen and oxygen atoms in total.